The molecule has 2 atom stereocenters. The highest BCUT2D eigenvalue weighted by Crippen LogP contribution is 2.32. The summed E-state index contributed by atoms with van der Waals surface area (Å²) >= 11 is 1.18. The molecule has 1 aromatic heterocycles. The molecule has 0 spiro atoms. The van der Waals surface area contributed by atoms with Crippen LogP contribution in [0.2, 0.25) is 0 Å². The van der Waals surface area contributed by atoms with Crippen LogP contribution in [0.15, 0.2) is 80.8 Å². The molecule has 206 valence electrons. The largest absolute Gasteiger partial charge is 0.494 e. The second-order valence-corrected chi connectivity index (χ2v) is 10.8. The number of amides is 1. The summed E-state index contributed by atoms with van der Waals surface area (Å²) in [5, 5.41) is 5.81. The van der Waals surface area contributed by atoms with Gasteiger partial charge in [0.05, 0.1) is 46.0 Å². The molecule has 0 saturated heterocycles. The van der Waals surface area contributed by atoms with Crippen LogP contribution in [0.3, 0.4) is 0 Å². The monoisotopic (exact) mass is 558 g/mol. The Bertz CT molecular complexity index is 1700. The van der Waals surface area contributed by atoms with Crippen molar-refractivity contribution in [3.8, 4) is 5.75 Å². The molecule has 10 heteroatoms. The number of carbonyl (C=O) groups is 2. The van der Waals surface area contributed by atoms with Gasteiger partial charge in [-0.1, -0.05) is 41.7 Å². The molecular formula is C30H30N4O5S. The van der Waals surface area contributed by atoms with Gasteiger partial charge in [-0.15, -0.1) is 0 Å². The number of hydrogen-bond acceptors (Lipinski definition) is 8. The van der Waals surface area contributed by atoms with Gasteiger partial charge in [0.25, 0.3) is 11.5 Å². The Balaban J connectivity index is 1.61. The van der Waals surface area contributed by atoms with Gasteiger partial charge in [-0.2, -0.15) is 10.1 Å². The van der Waals surface area contributed by atoms with Crippen molar-refractivity contribution in [2.24, 2.45) is 16.0 Å². The van der Waals surface area contributed by atoms with Gasteiger partial charge in [0.1, 0.15) is 11.7 Å². The van der Waals surface area contributed by atoms with Gasteiger partial charge in [0.2, 0.25) is 0 Å². The van der Waals surface area contributed by atoms with Gasteiger partial charge in [-0.3, -0.25) is 14.2 Å². The number of thiazole rings is 1. The van der Waals surface area contributed by atoms with Gasteiger partial charge < -0.3 is 9.47 Å². The van der Waals surface area contributed by atoms with Crippen LogP contribution in [0.1, 0.15) is 46.2 Å². The molecule has 9 nitrogen and oxygen atoms in total. The molecule has 40 heavy (non-hydrogen) atoms. The van der Waals surface area contributed by atoms with Crippen molar-refractivity contribution < 1.29 is 19.1 Å². The fourth-order valence-electron chi connectivity index (χ4n) is 4.78. The van der Waals surface area contributed by atoms with E-state index in [4.69, 9.17) is 9.47 Å². The van der Waals surface area contributed by atoms with Crippen LogP contribution < -0.4 is 24.6 Å². The zero-order valence-corrected chi connectivity index (χ0v) is 23.8. The maximum Gasteiger partial charge on any atom is 0.338 e. The summed E-state index contributed by atoms with van der Waals surface area (Å²) in [6.07, 6.45) is 1.30. The number of hydrogen-bond donors (Lipinski definition) is 0. The third kappa shape index (κ3) is 5.02. The van der Waals surface area contributed by atoms with Crippen molar-refractivity contribution in [3.05, 3.63) is 91.1 Å². The number of hydrazone groups is 1. The van der Waals surface area contributed by atoms with Crippen molar-refractivity contribution in [2.45, 2.75) is 46.8 Å². The standard InChI is InChI=1S/C30H30N4O5S/c1-6-38-22-14-12-20(13-15-22)26-25(29(37)39-17(2)3)19(5)31-30-33(26)28(36)24(40-30)16-23-18(4)32-34(27(23)35)21-10-8-7-9-11-21/h7-17,23,26H,6H2,1-5H3/b24-16-/t23-,26+/m1/s1. The Morgan fingerprint density at radius 3 is 2.42 bits per heavy atom. The van der Waals surface area contributed by atoms with Gasteiger partial charge in [-0.05, 0) is 70.5 Å². The molecule has 0 fully saturated rings. The van der Waals surface area contributed by atoms with Crippen LogP contribution in [-0.4, -0.2) is 34.9 Å². The highest BCUT2D eigenvalue weighted by atomic mass is 32.1. The van der Waals surface area contributed by atoms with Crippen molar-refractivity contribution in [2.75, 3.05) is 11.6 Å². The molecule has 0 radical (unpaired) electrons. The number of ether oxygens (including phenoxy) is 2. The smallest absolute Gasteiger partial charge is 0.338 e. The Kier molecular flexibility index (Phi) is 7.53. The van der Waals surface area contributed by atoms with E-state index in [1.807, 2.05) is 61.5 Å². The Labute approximate surface area is 235 Å². The molecule has 0 aliphatic carbocycles. The number of para-hydroxylation sites is 1. The molecular weight excluding hydrogens is 528 g/mol. The van der Waals surface area contributed by atoms with Crippen molar-refractivity contribution in [1.29, 1.82) is 0 Å². The molecule has 3 heterocycles. The van der Waals surface area contributed by atoms with Gasteiger partial charge in [0, 0.05) is 0 Å². The zero-order chi connectivity index (χ0) is 28.6. The predicted octanol–water partition coefficient (Wildman–Crippen LogP) is 3.58. The third-order valence-electron chi connectivity index (χ3n) is 6.59. The highest BCUT2D eigenvalue weighted by molar-refractivity contribution is 7.07. The Hall–Kier alpha value is -4.31. The van der Waals surface area contributed by atoms with Crippen LogP contribution in [0.4, 0.5) is 5.69 Å². The molecule has 1 amide bonds. The maximum atomic E-state index is 13.9. The normalized spacial score (nSPS) is 19.1. The number of allylic oxidation sites excluding steroid dienone is 1. The molecule has 0 saturated carbocycles. The molecule has 2 aromatic carbocycles. The number of benzene rings is 2. The SMILES string of the molecule is CCOc1ccc([C@H]2C(C(=O)OC(C)C)=C(C)N=c3s/c(=C\[C@H]4C(=O)N(c5ccccc5)N=C4C)c(=O)n32)cc1. The number of carbonyl (C=O) groups excluding carboxylic acids is 2. The van der Waals surface area contributed by atoms with E-state index in [-0.39, 0.29) is 17.6 Å². The summed E-state index contributed by atoms with van der Waals surface area (Å²) in [5.41, 5.74) is 2.38. The van der Waals surface area contributed by atoms with Gasteiger partial charge in [-0.25, -0.2) is 9.79 Å². The second-order valence-electron chi connectivity index (χ2n) is 9.76. The van der Waals surface area contributed by atoms with Crippen LogP contribution in [0.5, 0.6) is 5.75 Å². The number of anilines is 1. The summed E-state index contributed by atoms with van der Waals surface area (Å²) in [7, 11) is 0. The average molecular weight is 559 g/mol. The molecule has 0 N–H and O–H groups in total. The van der Waals surface area contributed by atoms with Crippen molar-refractivity contribution >= 4 is 40.7 Å². The molecule has 2 aliphatic rings. The van der Waals surface area contributed by atoms with Crippen LogP contribution in [0.25, 0.3) is 6.08 Å². The van der Waals surface area contributed by atoms with Gasteiger partial charge in [0.15, 0.2) is 4.80 Å². The first-order chi connectivity index (χ1) is 19.2. The molecule has 2 aliphatic heterocycles. The molecule has 5 rings (SSSR count). The lowest BCUT2D eigenvalue weighted by Crippen LogP contribution is -2.40. The summed E-state index contributed by atoms with van der Waals surface area (Å²) in [6, 6.07) is 15.7. The van der Waals surface area contributed by atoms with Crippen LogP contribution in [-0.2, 0) is 14.3 Å². The number of aromatic nitrogens is 1. The van der Waals surface area contributed by atoms with Crippen molar-refractivity contribution in [1.82, 2.24) is 4.57 Å². The topological polar surface area (TPSA) is 103 Å². The first-order valence-corrected chi connectivity index (χ1v) is 13.9. The maximum absolute atomic E-state index is 13.9. The van der Waals surface area contributed by atoms with E-state index in [1.54, 1.807) is 33.8 Å². The molecule has 3 aromatic rings. The number of nitrogens with zero attached hydrogens (tertiary/aromatic N) is 4. The van der Waals surface area contributed by atoms with E-state index in [0.717, 1.165) is 0 Å². The van der Waals surface area contributed by atoms with E-state index in [2.05, 4.69) is 10.1 Å². The van der Waals surface area contributed by atoms with Crippen LogP contribution in [0, 0.1) is 5.92 Å². The van der Waals surface area contributed by atoms with E-state index in [9.17, 15) is 14.4 Å². The third-order valence-corrected chi connectivity index (χ3v) is 7.59. The molecule has 0 unspecified atom stereocenters. The summed E-state index contributed by atoms with van der Waals surface area (Å²) < 4.78 is 13.0. The summed E-state index contributed by atoms with van der Waals surface area (Å²) in [4.78, 5) is 45.6. The highest BCUT2D eigenvalue weighted by Gasteiger charge is 2.36. The van der Waals surface area contributed by atoms with Gasteiger partial charge >= 0.3 is 5.97 Å². The van der Waals surface area contributed by atoms with E-state index in [0.29, 0.717) is 49.9 Å². The Morgan fingerprint density at radius 2 is 1.77 bits per heavy atom. The average Bonchev–Trinajstić information content (AvgIpc) is 3.38. The summed E-state index contributed by atoms with van der Waals surface area (Å²) in [5.74, 6) is -0.785. The number of rotatable bonds is 7. The molecule has 0 bridgehead atoms. The lowest BCUT2D eigenvalue weighted by Gasteiger charge is -2.25. The zero-order valence-electron chi connectivity index (χ0n) is 23.0. The lowest BCUT2D eigenvalue weighted by atomic mass is 9.95. The minimum absolute atomic E-state index is 0.241. The van der Waals surface area contributed by atoms with E-state index < -0.39 is 17.9 Å². The number of esters is 1. The minimum Gasteiger partial charge on any atom is -0.494 e. The van der Waals surface area contributed by atoms with E-state index in [1.165, 1.54) is 20.9 Å². The second kappa shape index (κ2) is 11.1. The Morgan fingerprint density at radius 1 is 1.07 bits per heavy atom. The number of fused-ring (bicyclic) bond motifs is 1. The first-order valence-electron chi connectivity index (χ1n) is 13.1. The van der Waals surface area contributed by atoms with Crippen LogP contribution >= 0.6 is 11.3 Å². The fraction of sp³-hybridized carbons (Fsp3) is 0.300. The predicted molar refractivity (Wildman–Crippen MR) is 154 cm³/mol. The first kappa shape index (κ1) is 27.3. The minimum atomic E-state index is -0.754. The lowest BCUT2D eigenvalue weighted by molar-refractivity contribution is -0.143. The summed E-state index contributed by atoms with van der Waals surface area (Å²) in [6.45, 7) is 9.48. The quantitative estimate of drug-likeness (QED) is 0.413. The fourth-order valence-corrected chi connectivity index (χ4v) is 5.84. The van der Waals surface area contributed by atoms with Crippen molar-refractivity contribution in [3.63, 3.8) is 0 Å². The van der Waals surface area contributed by atoms with E-state index >= 15 is 0 Å².